The lowest BCUT2D eigenvalue weighted by atomic mass is 10.1. The van der Waals surface area contributed by atoms with Crippen LogP contribution in [0.15, 0.2) is 36.4 Å². The molecule has 0 saturated heterocycles. The van der Waals surface area contributed by atoms with Crippen molar-refractivity contribution in [2.45, 2.75) is 67.2 Å². The number of anilines is 2. The molecule has 0 saturated carbocycles. The van der Waals surface area contributed by atoms with Gasteiger partial charge >= 0.3 is 0 Å². The molecule has 2 aromatic carbocycles. The number of hydrogen-bond acceptors (Lipinski definition) is 2. The van der Waals surface area contributed by atoms with Crippen LogP contribution in [0, 0.1) is 25.7 Å². The van der Waals surface area contributed by atoms with Crippen LogP contribution >= 0.6 is 23.2 Å². The number of hydrogen-bond donors (Lipinski definition) is 2. The Bertz CT molecular complexity index is 826. The summed E-state index contributed by atoms with van der Waals surface area (Å²) in [4.78, 5) is 23.5. The van der Waals surface area contributed by atoms with E-state index in [4.69, 9.17) is 23.2 Å². The van der Waals surface area contributed by atoms with E-state index in [9.17, 15) is 9.59 Å². The van der Waals surface area contributed by atoms with E-state index in [1.54, 1.807) is 12.1 Å². The van der Waals surface area contributed by atoms with Crippen LogP contribution in [0.2, 0.25) is 10.0 Å². The number of amides is 2. The molecular formula is C26H36Cl2N2O2. The summed E-state index contributed by atoms with van der Waals surface area (Å²) in [5, 5.41) is 7.11. The number of halogens is 2. The van der Waals surface area contributed by atoms with Crippen LogP contribution < -0.4 is 10.6 Å². The molecule has 2 N–H and O–H groups in total. The Morgan fingerprint density at radius 2 is 1.09 bits per heavy atom. The van der Waals surface area contributed by atoms with Gasteiger partial charge in [0.25, 0.3) is 0 Å². The number of aryl methyl sites for hydroxylation is 2. The van der Waals surface area contributed by atoms with Crippen LogP contribution in [0.5, 0.6) is 0 Å². The van der Waals surface area contributed by atoms with Crippen LogP contribution in [-0.4, -0.2) is 11.8 Å². The fraction of sp³-hybridized carbons (Fsp3) is 0.462. The maximum Gasteiger partial charge on any atom is 0.227 e. The molecule has 0 aliphatic rings. The van der Waals surface area contributed by atoms with Crippen LogP contribution in [0.3, 0.4) is 0 Å². The lowest BCUT2D eigenvalue weighted by molar-refractivity contribution is -0.120. The number of carbonyl (C=O) groups is 2. The number of rotatable bonds is 8. The van der Waals surface area contributed by atoms with Crippen molar-refractivity contribution in [1.82, 2.24) is 0 Å². The van der Waals surface area contributed by atoms with E-state index in [0.717, 1.165) is 48.2 Å². The zero-order chi connectivity index (χ0) is 24.3. The van der Waals surface area contributed by atoms with E-state index in [2.05, 4.69) is 24.5 Å². The molecular weight excluding hydrogens is 443 g/mol. The quantitative estimate of drug-likeness (QED) is 0.402. The van der Waals surface area contributed by atoms with Crippen molar-refractivity contribution in [1.29, 1.82) is 0 Å². The zero-order valence-corrected chi connectivity index (χ0v) is 21.5. The van der Waals surface area contributed by atoms with E-state index in [-0.39, 0.29) is 23.7 Å². The maximum absolute atomic E-state index is 11.7. The maximum atomic E-state index is 11.7. The molecule has 2 amide bonds. The number of nitrogens with one attached hydrogen (secondary N) is 2. The molecule has 2 unspecified atom stereocenters. The standard InChI is InChI=1S/2C13H18ClNO/c2*1-4-5-10(3)13(16)15-11-7-6-9(2)12(14)8-11/h2*6-8,10H,4-5H2,1-3H3,(H,15,16). The van der Waals surface area contributed by atoms with Gasteiger partial charge in [-0.1, -0.05) is 75.9 Å². The van der Waals surface area contributed by atoms with E-state index < -0.39 is 0 Å². The van der Waals surface area contributed by atoms with Crippen molar-refractivity contribution in [2.24, 2.45) is 11.8 Å². The summed E-state index contributed by atoms with van der Waals surface area (Å²) in [6.07, 6.45) is 3.85. The van der Waals surface area contributed by atoms with Gasteiger partial charge < -0.3 is 10.6 Å². The summed E-state index contributed by atoms with van der Waals surface area (Å²) in [6.45, 7) is 11.9. The molecule has 0 aliphatic heterocycles. The zero-order valence-electron chi connectivity index (χ0n) is 20.0. The summed E-state index contributed by atoms with van der Waals surface area (Å²) in [7, 11) is 0. The Labute approximate surface area is 203 Å². The number of carbonyl (C=O) groups excluding carboxylic acids is 2. The predicted molar refractivity (Wildman–Crippen MR) is 138 cm³/mol. The minimum Gasteiger partial charge on any atom is -0.326 e. The second-order valence-corrected chi connectivity index (χ2v) is 9.10. The fourth-order valence-corrected chi connectivity index (χ4v) is 3.36. The molecule has 0 bridgehead atoms. The third kappa shape index (κ3) is 9.62. The fourth-order valence-electron chi connectivity index (χ4n) is 3.00. The Hall–Kier alpha value is -2.04. The summed E-state index contributed by atoms with van der Waals surface area (Å²) in [5.74, 6) is 0.207. The first-order chi connectivity index (χ1) is 15.1. The molecule has 0 aliphatic carbocycles. The third-order valence-corrected chi connectivity index (χ3v) is 6.03. The van der Waals surface area contributed by atoms with E-state index in [1.807, 2.05) is 52.0 Å². The number of benzene rings is 2. The van der Waals surface area contributed by atoms with E-state index in [1.165, 1.54) is 0 Å². The molecule has 32 heavy (non-hydrogen) atoms. The van der Waals surface area contributed by atoms with Crippen LogP contribution in [0.4, 0.5) is 11.4 Å². The first kappa shape index (κ1) is 28.0. The molecule has 2 rings (SSSR count). The van der Waals surface area contributed by atoms with Gasteiger partial charge in [-0.15, -0.1) is 0 Å². The Morgan fingerprint density at radius 3 is 1.38 bits per heavy atom. The largest absolute Gasteiger partial charge is 0.326 e. The molecule has 2 atom stereocenters. The molecule has 0 aromatic heterocycles. The van der Waals surface area contributed by atoms with Crippen LogP contribution in [0.1, 0.15) is 64.5 Å². The Morgan fingerprint density at radius 1 is 0.750 bits per heavy atom. The first-order valence-corrected chi connectivity index (χ1v) is 12.0. The lowest BCUT2D eigenvalue weighted by Crippen LogP contribution is -2.20. The van der Waals surface area contributed by atoms with Crippen molar-refractivity contribution >= 4 is 46.4 Å². The van der Waals surface area contributed by atoms with Gasteiger partial charge in [-0.05, 0) is 62.1 Å². The monoisotopic (exact) mass is 478 g/mol. The van der Waals surface area contributed by atoms with Crippen LogP contribution in [0.25, 0.3) is 0 Å². The second-order valence-electron chi connectivity index (χ2n) is 8.29. The van der Waals surface area contributed by atoms with Crippen molar-refractivity contribution in [3.8, 4) is 0 Å². The smallest absolute Gasteiger partial charge is 0.227 e. The molecule has 2 aromatic rings. The van der Waals surface area contributed by atoms with E-state index in [0.29, 0.717) is 10.0 Å². The third-order valence-electron chi connectivity index (χ3n) is 5.22. The van der Waals surface area contributed by atoms with Gasteiger partial charge in [0, 0.05) is 33.3 Å². The average Bonchev–Trinajstić information content (AvgIpc) is 2.74. The van der Waals surface area contributed by atoms with Gasteiger partial charge in [0.2, 0.25) is 11.8 Å². The molecule has 6 heteroatoms. The van der Waals surface area contributed by atoms with Gasteiger partial charge in [0.05, 0.1) is 0 Å². The summed E-state index contributed by atoms with van der Waals surface area (Å²) >= 11 is 12.0. The average molecular weight is 479 g/mol. The summed E-state index contributed by atoms with van der Waals surface area (Å²) in [6, 6.07) is 11.1. The summed E-state index contributed by atoms with van der Waals surface area (Å²) < 4.78 is 0. The highest BCUT2D eigenvalue weighted by molar-refractivity contribution is 6.32. The summed E-state index contributed by atoms with van der Waals surface area (Å²) in [5.41, 5.74) is 3.56. The second kappa shape index (κ2) is 14.2. The van der Waals surface area contributed by atoms with Crippen molar-refractivity contribution in [2.75, 3.05) is 10.6 Å². The Kier molecular flexibility index (Phi) is 12.4. The van der Waals surface area contributed by atoms with Gasteiger partial charge in [0.15, 0.2) is 0 Å². The van der Waals surface area contributed by atoms with E-state index >= 15 is 0 Å². The van der Waals surface area contributed by atoms with Gasteiger partial charge in [-0.2, -0.15) is 0 Å². The van der Waals surface area contributed by atoms with Crippen molar-refractivity contribution in [3.63, 3.8) is 0 Å². The molecule has 0 fully saturated rings. The minimum atomic E-state index is 0.0464. The van der Waals surface area contributed by atoms with Gasteiger partial charge in [-0.3, -0.25) is 9.59 Å². The Balaban J connectivity index is 0.000000320. The van der Waals surface area contributed by atoms with Gasteiger partial charge in [-0.25, -0.2) is 0 Å². The minimum absolute atomic E-state index is 0.0464. The molecule has 0 spiro atoms. The normalized spacial score (nSPS) is 12.2. The lowest BCUT2D eigenvalue weighted by Gasteiger charge is -2.11. The molecule has 0 heterocycles. The van der Waals surface area contributed by atoms with Crippen molar-refractivity contribution in [3.05, 3.63) is 57.6 Å². The molecule has 4 nitrogen and oxygen atoms in total. The highest BCUT2D eigenvalue weighted by Crippen LogP contribution is 2.22. The van der Waals surface area contributed by atoms with Crippen molar-refractivity contribution < 1.29 is 9.59 Å². The van der Waals surface area contributed by atoms with Crippen LogP contribution in [-0.2, 0) is 9.59 Å². The topological polar surface area (TPSA) is 58.2 Å². The molecule has 176 valence electrons. The molecule has 0 radical (unpaired) electrons. The van der Waals surface area contributed by atoms with Gasteiger partial charge in [0.1, 0.15) is 0 Å². The highest BCUT2D eigenvalue weighted by Gasteiger charge is 2.13. The predicted octanol–water partition coefficient (Wildman–Crippen LogP) is 8.05. The SMILES string of the molecule is CCCC(C)C(=O)Nc1ccc(C)c(Cl)c1.CCCC(C)C(=O)Nc1ccc(C)c(Cl)c1. The highest BCUT2D eigenvalue weighted by atomic mass is 35.5. The first-order valence-electron chi connectivity index (χ1n) is 11.2.